The summed E-state index contributed by atoms with van der Waals surface area (Å²) in [5, 5.41) is 7.39. The van der Waals surface area contributed by atoms with E-state index in [-0.39, 0.29) is 0 Å². The van der Waals surface area contributed by atoms with E-state index in [1.54, 1.807) is 17.1 Å². The summed E-state index contributed by atoms with van der Waals surface area (Å²) in [7, 11) is 0. The van der Waals surface area contributed by atoms with E-state index in [1.165, 1.54) is 0 Å². The maximum atomic E-state index is 5.71. The van der Waals surface area contributed by atoms with Crippen LogP contribution in [0.3, 0.4) is 0 Å². The zero-order chi connectivity index (χ0) is 13.9. The molecule has 100 valence electrons. The van der Waals surface area contributed by atoms with Crippen LogP contribution in [0.2, 0.25) is 0 Å². The van der Waals surface area contributed by atoms with E-state index in [1.807, 2.05) is 43.3 Å². The van der Waals surface area contributed by atoms with Crippen molar-refractivity contribution in [2.45, 2.75) is 6.92 Å². The number of nitrogens with two attached hydrogens (primary N) is 1. The average molecular weight is 266 g/mol. The van der Waals surface area contributed by atoms with Gasteiger partial charge >= 0.3 is 0 Å². The monoisotopic (exact) mass is 266 g/mol. The SMILES string of the molecule is Cc1cc(N)nc(Nc2ncn(-c3ccccc3)n2)c1. The molecule has 1 aromatic carbocycles. The molecule has 0 fully saturated rings. The molecule has 0 saturated heterocycles. The second-order valence-corrected chi connectivity index (χ2v) is 4.43. The smallest absolute Gasteiger partial charge is 0.248 e. The first-order valence-corrected chi connectivity index (χ1v) is 6.19. The van der Waals surface area contributed by atoms with Gasteiger partial charge in [-0.3, -0.25) is 0 Å². The first-order chi connectivity index (χ1) is 9.70. The summed E-state index contributed by atoms with van der Waals surface area (Å²) in [6.45, 7) is 1.96. The van der Waals surface area contributed by atoms with Crippen molar-refractivity contribution in [1.82, 2.24) is 19.7 Å². The summed E-state index contributed by atoms with van der Waals surface area (Å²) in [6.07, 6.45) is 1.65. The van der Waals surface area contributed by atoms with E-state index in [9.17, 15) is 0 Å². The van der Waals surface area contributed by atoms with Crippen LogP contribution in [0, 0.1) is 6.92 Å². The number of aryl methyl sites for hydroxylation is 1. The van der Waals surface area contributed by atoms with Crippen LogP contribution in [0.4, 0.5) is 17.6 Å². The fourth-order valence-corrected chi connectivity index (χ4v) is 1.90. The second kappa shape index (κ2) is 5.00. The quantitative estimate of drug-likeness (QED) is 0.760. The van der Waals surface area contributed by atoms with Gasteiger partial charge in [-0.2, -0.15) is 4.98 Å². The Bertz CT molecular complexity index is 699. The molecule has 0 bridgehead atoms. The number of nitrogens with one attached hydrogen (secondary N) is 1. The maximum absolute atomic E-state index is 5.71. The summed E-state index contributed by atoms with van der Waals surface area (Å²) >= 11 is 0. The van der Waals surface area contributed by atoms with Gasteiger partial charge in [-0.15, -0.1) is 5.10 Å². The Hall–Kier alpha value is -2.89. The van der Waals surface area contributed by atoms with Gasteiger partial charge in [-0.25, -0.2) is 9.67 Å². The van der Waals surface area contributed by atoms with E-state index in [0.717, 1.165) is 11.3 Å². The molecule has 0 atom stereocenters. The normalized spacial score (nSPS) is 10.4. The van der Waals surface area contributed by atoms with Gasteiger partial charge in [0, 0.05) is 0 Å². The fraction of sp³-hybridized carbons (Fsp3) is 0.0714. The molecule has 20 heavy (non-hydrogen) atoms. The molecule has 0 spiro atoms. The predicted molar refractivity (Wildman–Crippen MR) is 78.0 cm³/mol. The molecule has 3 rings (SSSR count). The molecule has 0 saturated carbocycles. The van der Waals surface area contributed by atoms with Crippen LogP contribution in [0.25, 0.3) is 5.69 Å². The molecule has 3 N–H and O–H groups in total. The molecule has 2 aromatic heterocycles. The van der Waals surface area contributed by atoms with Crippen LogP contribution in [-0.4, -0.2) is 19.7 Å². The van der Waals surface area contributed by atoms with Gasteiger partial charge in [0.2, 0.25) is 5.95 Å². The summed E-state index contributed by atoms with van der Waals surface area (Å²) in [5.41, 5.74) is 7.69. The number of rotatable bonds is 3. The Balaban J connectivity index is 1.84. The third kappa shape index (κ3) is 2.59. The molecule has 0 aliphatic heterocycles. The molecular formula is C14H14N6. The summed E-state index contributed by atoms with van der Waals surface area (Å²) in [5.74, 6) is 1.58. The Labute approximate surface area is 116 Å². The Morgan fingerprint density at radius 1 is 1.15 bits per heavy atom. The fourth-order valence-electron chi connectivity index (χ4n) is 1.90. The standard InChI is InChI=1S/C14H14N6/c1-10-7-12(15)17-13(8-10)18-14-16-9-20(19-14)11-5-3-2-4-6-11/h2-9H,1H3,(H3,15,17,18,19). The minimum Gasteiger partial charge on any atom is -0.384 e. The molecule has 0 aliphatic carbocycles. The molecule has 6 nitrogen and oxygen atoms in total. The van der Waals surface area contributed by atoms with Gasteiger partial charge in [-0.05, 0) is 36.8 Å². The van der Waals surface area contributed by atoms with Crippen molar-refractivity contribution >= 4 is 17.6 Å². The minimum atomic E-state index is 0.468. The number of nitrogens with zero attached hydrogens (tertiary/aromatic N) is 4. The number of hydrogen-bond acceptors (Lipinski definition) is 5. The van der Waals surface area contributed by atoms with Gasteiger partial charge in [0.1, 0.15) is 18.0 Å². The predicted octanol–water partition coefficient (Wildman–Crippen LogP) is 2.30. The maximum Gasteiger partial charge on any atom is 0.248 e. The van der Waals surface area contributed by atoms with E-state index in [2.05, 4.69) is 20.4 Å². The van der Waals surface area contributed by atoms with Gasteiger partial charge in [0.25, 0.3) is 0 Å². The largest absolute Gasteiger partial charge is 0.384 e. The Morgan fingerprint density at radius 2 is 1.95 bits per heavy atom. The molecule has 2 heterocycles. The van der Waals surface area contributed by atoms with E-state index in [0.29, 0.717) is 17.6 Å². The van der Waals surface area contributed by atoms with Gasteiger partial charge in [-0.1, -0.05) is 18.2 Å². The van der Waals surface area contributed by atoms with E-state index in [4.69, 9.17) is 5.73 Å². The van der Waals surface area contributed by atoms with Crippen molar-refractivity contribution in [3.8, 4) is 5.69 Å². The zero-order valence-corrected chi connectivity index (χ0v) is 11.0. The number of anilines is 3. The average Bonchev–Trinajstić information content (AvgIpc) is 2.87. The number of nitrogen functional groups attached to an aromatic ring is 1. The van der Waals surface area contributed by atoms with Crippen molar-refractivity contribution in [3.63, 3.8) is 0 Å². The number of benzene rings is 1. The zero-order valence-electron chi connectivity index (χ0n) is 11.0. The molecule has 0 aliphatic rings. The highest BCUT2D eigenvalue weighted by atomic mass is 15.4. The van der Waals surface area contributed by atoms with Crippen molar-refractivity contribution in [3.05, 3.63) is 54.4 Å². The minimum absolute atomic E-state index is 0.468. The third-order valence-electron chi connectivity index (χ3n) is 2.74. The van der Waals surface area contributed by atoms with Crippen LogP contribution in [0.5, 0.6) is 0 Å². The lowest BCUT2D eigenvalue weighted by Gasteiger charge is -2.03. The molecule has 6 heteroatoms. The molecule has 3 aromatic rings. The Kier molecular flexibility index (Phi) is 3.04. The number of aromatic nitrogens is 4. The lowest BCUT2D eigenvalue weighted by molar-refractivity contribution is 0.882. The molecule has 0 amide bonds. The highest BCUT2D eigenvalue weighted by Gasteiger charge is 2.04. The van der Waals surface area contributed by atoms with E-state index < -0.39 is 0 Å². The topological polar surface area (TPSA) is 81.6 Å². The summed E-state index contributed by atoms with van der Waals surface area (Å²) < 4.78 is 1.70. The van der Waals surface area contributed by atoms with Crippen molar-refractivity contribution in [2.75, 3.05) is 11.1 Å². The van der Waals surface area contributed by atoms with Crippen LogP contribution in [0.1, 0.15) is 5.56 Å². The number of pyridine rings is 1. The van der Waals surface area contributed by atoms with Crippen LogP contribution in [-0.2, 0) is 0 Å². The molecule has 0 radical (unpaired) electrons. The highest BCUT2D eigenvalue weighted by molar-refractivity contribution is 5.52. The van der Waals surface area contributed by atoms with Crippen LogP contribution >= 0.6 is 0 Å². The first-order valence-electron chi connectivity index (χ1n) is 6.19. The Morgan fingerprint density at radius 3 is 2.70 bits per heavy atom. The van der Waals surface area contributed by atoms with Crippen LogP contribution in [0.15, 0.2) is 48.8 Å². The second-order valence-electron chi connectivity index (χ2n) is 4.43. The lowest BCUT2D eigenvalue weighted by Crippen LogP contribution is -2.00. The van der Waals surface area contributed by atoms with Crippen LogP contribution < -0.4 is 11.1 Å². The van der Waals surface area contributed by atoms with Crippen molar-refractivity contribution < 1.29 is 0 Å². The van der Waals surface area contributed by atoms with Gasteiger partial charge in [0.05, 0.1) is 5.69 Å². The first kappa shape index (κ1) is 12.2. The van der Waals surface area contributed by atoms with E-state index >= 15 is 0 Å². The lowest BCUT2D eigenvalue weighted by atomic mass is 10.3. The number of hydrogen-bond donors (Lipinski definition) is 2. The molecular weight excluding hydrogens is 252 g/mol. The highest BCUT2D eigenvalue weighted by Crippen LogP contribution is 2.15. The molecule has 0 unspecified atom stereocenters. The van der Waals surface area contributed by atoms with Crippen molar-refractivity contribution in [2.24, 2.45) is 0 Å². The number of para-hydroxylation sites is 1. The summed E-state index contributed by atoms with van der Waals surface area (Å²) in [6, 6.07) is 13.5. The van der Waals surface area contributed by atoms with Gasteiger partial charge in [0.15, 0.2) is 0 Å². The summed E-state index contributed by atoms with van der Waals surface area (Å²) in [4.78, 5) is 8.40. The third-order valence-corrected chi connectivity index (χ3v) is 2.74. The van der Waals surface area contributed by atoms with Gasteiger partial charge < -0.3 is 11.1 Å². The van der Waals surface area contributed by atoms with Crippen molar-refractivity contribution in [1.29, 1.82) is 0 Å².